The van der Waals surface area contributed by atoms with Crippen LogP contribution in [0.25, 0.3) is 5.76 Å². The van der Waals surface area contributed by atoms with E-state index in [0.29, 0.717) is 23.4 Å². The van der Waals surface area contributed by atoms with Crippen molar-refractivity contribution in [3.05, 3.63) is 75.3 Å². The largest absolute Gasteiger partial charge is 0.507 e. The van der Waals surface area contributed by atoms with Crippen molar-refractivity contribution in [1.29, 1.82) is 0 Å². The van der Waals surface area contributed by atoms with Gasteiger partial charge >= 0.3 is 0 Å². The van der Waals surface area contributed by atoms with Crippen molar-refractivity contribution in [1.82, 2.24) is 9.80 Å². The molecular formula is C22H23N3O6. The van der Waals surface area contributed by atoms with Crippen LogP contribution in [0.2, 0.25) is 0 Å². The number of ketones is 1. The Kier molecular flexibility index (Phi) is 6.36. The second-order valence-electron chi connectivity index (χ2n) is 7.38. The fourth-order valence-corrected chi connectivity index (χ4v) is 3.50. The van der Waals surface area contributed by atoms with E-state index in [1.165, 1.54) is 30.2 Å². The standard InChI is InChI=1S/C22H23N3O6/c1-23(2)10-11-24-19(14-6-4-8-16(12-14)25(29)30)18(21(27)22(24)28)20(26)15-7-5-9-17(13-15)31-3/h4-9,12-13,19,26H,10-11H2,1-3H3/b20-18-. The van der Waals surface area contributed by atoms with E-state index in [-0.39, 0.29) is 23.6 Å². The highest BCUT2D eigenvalue weighted by molar-refractivity contribution is 6.46. The lowest BCUT2D eigenvalue weighted by Crippen LogP contribution is -2.35. The minimum atomic E-state index is -0.953. The topological polar surface area (TPSA) is 113 Å². The molecule has 1 fully saturated rings. The van der Waals surface area contributed by atoms with Crippen molar-refractivity contribution < 1.29 is 24.4 Å². The van der Waals surface area contributed by atoms with Gasteiger partial charge in [0, 0.05) is 30.8 Å². The zero-order chi connectivity index (χ0) is 22.7. The number of methoxy groups -OCH3 is 1. The summed E-state index contributed by atoms with van der Waals surface area (Å²) < 4.78 is 5.18. The van der Waals surface area contributed by atoms with E-state index in [1.54, 1.807) is 30.3 Å². The number of nitrogens with zero attached hydrogens (tertiary/aromatic N) is 3. The molecule has 9 nitrogen and oxygen atoms in total. The zero-order valence-electron chi connectivity index (χ0n) is 17.4. The van der Waals surface area contributed by atoms with E-state index in [0.717, 1.165) is 0 Å². The first-order chi connectivity index (χ1) is 14.7. The number of likely N-dealkylation sites (N-methyl/N-ethyl adjacent to an activating group) is 1. The van der Waals surface area contributed by atoms with E-state index in [2.05, 4.69) is 0 Å². The van der Waals surface area contributed by atoms with E-state index < -0.39 is 22.7 Å². The van der Waals surface area contributed by atoms with Gasteiger partial charge in [-0.3, -0.25) is 19.7 Å². The number of rotatable bonds is 7. The van der Waals surface area contributed by atoms with Crippen LogP contribution < -0.4 is 4.74 Å². The van der Waals surface area contributed by atoms with E-state index in [1.807, 2.05) is 19.0 Å². The molecule has 1 saturated heterocycles. The molecule has 1 heterocycles. The summed E-state index contributed by atoms with van der Waals surface area (Å²) in [5.74, 6) is -1.49. The summed E-state index contributed by atoms with van der Waals surface area (Å²) in [7, 11) is 5.13. The molecule has 1 atom stereocenters. The first kappa shape index (κ1) is 22.0. The molecule has 1 N–H and O–H groups in total. The van der Waals surface area contributed by atoms with Crippen molar-refractivity contribution in [2.45, 2.75) is 6.04 Å². The van der Waals surface area contributed by atoms with Gasteiger partial charge in [-0.25, -0.2) is 0 Å². The Morgan fingerprint density at radius 1 is 1.19 bits per heavy atom. The maximum atomic E-state index is 12.9. The number of hydrogen-bond acceptors (Lipinski definition) is 7. The number of nitro benzene ring substituents is 1. The van der Waals surface area contributed by atoms with Gasteiger partial charge in [-0.2, -0.15) is 0 Å². The van der Waals surface area contributed by atoms with Crippen molar-refractivity contribution in [3.63, 3.8) is 0 Å². The minimum Gasteiger partial charge on any atom is -0.507 e. The van der Waals surface area contributed by atoms with Crippen molar-refractivity contribution in [2.24, 2.45) is 0 Å². The quantitative estimate of drug-likeness (QED) is 0.238. The molecule has 3 rings (SSSR count). The number of aliphatic hydroxyl groups excluding tert-OH is 1. The van der Waals surface area contributed by atoms with Crippen molar-refractivity contribution in [3.8, 4) is 5.75 Å². The maximum absolute atomic E-state index is 12.9. The fourth-order valence-electron chi connectivity index (χ4n) is 3.50. The normalized spacial score (nSPS) is 17.9. The summed E-state index contributed by atoms with van der Waals surface area (Å²) in [6.45, 7) is 0.678. The van der Waals surface area contributed by atoms with Crippen LogP contribution in [-0.2, 0) is 9.59 Å². The predicted octanol–water partition coefficient (Wildman–Crippen LogP) is 2.59. The van der Waals surface area contributed by atoms with Gasteiger partial charge in [0.05, 0.1) is 23.6 Å². The first-order valence-corrected chi connectivity index (χ1v) is 9.56. The van der Waals surface area contributed by atoms with Crippen LogP contribution in [0.1, 0.15) is 17.2 Å². The van der Waals surface area contributed by atoms with Crippen LogP contribution in [0.4, 0.5) is 5.69 Å². The highest BCUT2D eigenvalue weighted by Crippen LogP contribution is 2.40. The van der Waals surface area contributed by atoms with Gasteiger partial charge in [-0.1, -0.05) is 24.3 Å². The average molecular weight is 425 g/mol. The Morgan fingerprint density at radius 2 is 1.90 bits per heavy atom. The van der Waals surface area contributed by atoms with Gasteiger partial charge in [-0.15, -0.1) is 0 Å². The maximum Gasteiger partial charge on any atom is 0.295 e. The molecule has 162 valence electrons. The zero-order valence-corrected chi connectivity index (χ0v) is 17.4. The molecule has 0 spiro atoms. The lowest BCUT2D eigenvalue weighted by Gasteiger charge is -2.26. The summed E-state index contributed by atoms with van der Waals surface area (Å²) in [6, 6.07) is 11.3. The van der Waals surface area contributed by atoms with Gasteiger partial charge in [0.1, 0.15) is 11.5 Å². The number of Topliss-reactive ketones (excluding diaryl/α,β-unsaturated/α-hetero) is 1. The second-order valence-corrected chi connectivity index (χ2v) is 7.38. The molecule has 2 aromatic carbocycles. The highest BCUT2D eigenvalue weighted by Gasteiger charge is 2.46. The molecule has 31 heavy (non-hydrogen) atoms. The smallest absolute Gasteiger partial charge is 0.295 e. The molecule has 9 heteroatoms. The third-order valence-corrected chi connectivity index (χ3v) is 5.07. The molecule has 1 aliphatic heterocycles. The molecule has 1 amide bonds. The summed E-state index contributed by atoms with van der Waals surface area (Å²) in [5.41, 5.74) is 0.395. The number of aliphatic hydroxyl groups is 1. The first-order valence-electron chi connectivity index (χ1n) is 9.56. The Balaban J connectivity index is 2.19. The van der Waals surface area contributed by atoms with Gasteiger partial charge in [0.2, 0.25) is 0 Å². The Bertz CT molecular complexity index is 1060. The Morgan fingerprint density at radius 3 is 2.55 bits per heavy atom. The van der Waals surface area contributed by atoms with Crippen LogP contribution in [-0.4, -0.2) is 65.8 Å². The van der Waals surface area contributed by atoms with E-state index in [9.17, 15) is 24.8 Å². The molecular weight excluding hydrogens is 402 g/mol. The predicted molar refractivity (Wildman–Crippen MR) is 114 cm³/mol. The highest BCUT2D eigenvalue weighted by atomic mass is 16.6. The number of ether oxygens (including phenoxy) is 1. The number of non-ortho nitro benzene ring substituents is 1. The number of amides is 1. The Hall–Kier alpha value is -3.72. The van der Waals surface area contributed by atoms with Gasteiger partial charge in [-0.05, 0) is 31.8 Å². The molecule has 0 aliphatic carbocycles. The number of benzene rings is 2. The van der Waals surface area contributed by atoms with Crippen molar-refractivity contribution >= 4 is 23.1 Å². The molecule has 1 unspecified atom stereocenters. The van der Waals surface area contributed by atoms with E-state index >= 15 is 0 Å². The molecule has 0 bridgehead atoms. The molecule has 0 radical (unpaired) electrons. The van der Waals surface area contributed by atoms with Crippen LogP contribution in [0.5, 0.6) is 5.75 Å². The SMILES string of the molecule is COc1cccc(/C(O)=C2/C(=O)C(=O)N(CCN(C)C)C2c2cccc([N+](=O)[O-])c2)c1. The van der Waals surface area contributed by atoms with Crippen LogP contribution >= 0.6 is 0 Å². The number of carbonyl (C=O) groups excluding carboxylic acids is 2. The number of carbonyl (C=O) groups is 2. The van der Waals surface area contributed by atoms with Crippen LogP contribution in [0, 0.1) is 10.1 Å². The molecule has 1 aliphatic rings. The monoisotopic (exact) mass is 425 g/mol. The molecule has 2 aromatic rings. The molecule has 0 saturated carbocycles. The number of likely N-dealkylation sites (tertiary alicyclic amines) is 1. The third kappa shape index (κ3) is 4.41. The fraction of sp³-hybridized carbons (Fsp3) is 0.273. The lowest BCUT2D eigenvalue weighted by atomic mass is 9.95. The summed E-state index contributed by atoms with van der Waals surface area (Å²) in [4.78, 5) is 39.7. The van der Waals surface area contributed by atoms with Crippen molar-refractivity contribution in [2.75, 3.05) is 34.3 Å². The minimum absolute atomic E-state index is 0.113. The number of hydrogen-bond donors (Lipinski definition) is 1. The summed E-state index contributed by atoms with van der Waals surface area (Å²) >= 11 is 0. The second kappa shape index (κ2) is 8.97. The third-order valence-electron chi connectivity index (χ3n) is 5.07. The lowest BCUT2D eigenvalue weighted by molar-refractivity contribution is -0.384. The van der Waals surface area contributed by atoms with Gasteiger partial charge in [0.25, 0.3) is 17.4 Å². The Labute approximate surface area is 179 Å². The number of nitro groups is 1. The summed E-state index contributed by atoms with van der Waals surface area (Å²) in [6.07, 6.45) is 0. The average Bonchev–Trinajstić information content (AvgIpc) is 3.02. The van der Waals surface area contributed by atoms with Crippen LogP contribution in [0.15, 0.2) is 54.1 Å². The van der Waals surface area contributed by atoms with Gasteiger partial charge in [0.15, 0.2) is 0 Å². The van der Waals surface area contributed by atoms with Gasteiger partial charge < -0.3 is 19.6 Å². The van der Waals surface area contributed by atoms with Crippen LogP contribution in [0.3, 0.4) is 0 Å². The summed E-state index contributed by atoms with van der Waals surface area (Å²) in [5, 5.41) is 22.3. The van der Waals surface area contributed by atoms with E-state index in [4.69, 9.17) is 4.74 Å². The molecule has 0 aromatic heterocycles.